The number of ether oxygens (including phenoxy) is 1. The van der Waals surface area contributed by atoms with E-state index in [1.807, 2.05) is 6.07 Å². The highest BCUT2D eigenvalue weighted by Crippen LogP contribution is 2.27. The van der Waals surface area contributed by atoms with Crippen molar-refractivity contribution >= 4 is 15.9 Å². The number of sulfonamides is 1. The van der Waals surface area contributed by atoms with Crippen LogP contribution in [0.1, 0.15) is 32.4 Å². The van der Waals surface area contributed by atoms with Crippen molar-refractivity contribution in [3.63, 3.8) is 0 Å². The summed E-state index contributed by atoms with van der Waals surface area (Å²) < 4.78 is 37.8. The van der Waals surface area contributed by atoms with Crippen molar-refractivity contribution in [2.24, 2.45) is 0 Å². The lowest BCUT2D eigenvalue weighted by molar-refractivity contribution is 0.120. The van der Waals surface area contributed by atoms with Crippen molar-refractivity contribution in [3.05, 3.63) is 30.0 Å². The largest absolute Gasteiger partial charge is 0.419 e. The third-order valence-corrected chi connectivity index (χ3v) is 6.76. The Morgan fingerprint density at radius 1 is 1.29 bits per heavy atom. The zero-order valence-corrected chi connectivity index (χ0v) is 16.8. The van der Waals surface area contributed by atoms with Crippen LogP contribution in [0.3, 0.4) is 0 Å². The maximum Gasteiger partial charge on any atom is 0.243 e. The molecule has 1 aliphatic rings. The normalized spacial score (nSPS) is 17.0. The van der Waals surface area contributed by atoms with Gasteiger partial charge in [-0.15, -0.1) is 0 Å². The molecule has 1 fully saturated rings. The molecule has 1 aliphatic heterocycles. The molecule has 1 N–H and O–H groups in total. The summed E-state index contributed by atoms with van der Waals surface area (Å²) >= 11 is 0. The Balaban J connectivity index is 1.79. The van der Waals surface area contributed by atoms with E-state index < -0.39 is 10.0 Å². The first-order valence-electron chi connectivity index (χ1n) is 9.36. The van der Waals surface area contributed by atoms with E-state index in [0.29, 0.717) is 31.1 Å². The summed E-state index contributed by atoms with van der Waals surface area (Å²) in [5.74, 6) is 0.561. The number of aromatic nitrogens is 1. The molecule has 150 valence electrons. The molecule has 1 aromatic heterocycles. The van der Waals surface area contributed by atoms with Crippen LogP contribution in [-0.4, -0.2) is 50.1 Å². The fourth-order valence-corrected chi connectivity index (χ4v) is 4.59. The standard InChI is InChI=1S/C19H24N4O4S/c1-3-23(4-2)28(24,25)16-9-7-14(8-10-16)18-22-17(12-20)19(27-18)21-13-15-6-5-11-26-15/h7-10,15,21H,3-6,11,13H2,1-2H3. The van der Waals surface area contributed by atoms with Crippen LogP contribution in [-0.2, 0) is 14.8 Å². The summed E-state index contributed by atoms with van der Waals surface area (Å²) in [5.41, 5.74) is 0.757. The number of nitriles is 1. The second-order valence-electron chi connectivity index (χ2n) is 6.44. The van der Waals surface area contributed by atoms with Crippen molar-refractivity contribution in [2.45, 2.75) is 37.7 Å². The number of rotatable bonds is 8. The Kier molecular flexibility index (Phi) is 6.34. The minimum Gasteiger partial charge on any atom is -0.419 e. The average molecular weight is 404 g/mol. The van der Waals surface area contributed by atoms with Crippen molar-refractivity contribution in [1.82, 2.24) is 9.29 Å². The quantitative estimate of drug-likeness (QED) is 0.720. The zero-order chi connectivity index (χ0) is 20.1. The molecule has 28 heavy (non-hydrogen) atoms. The molecule has 0 amide bonds. The number of nitrogens with one attached hydrogen (secondary N) is 1. The van der Waals surface area contributed by atoms with Gasteiger partial charge in [-0.25, -0.2) is 8.42 Å². The Labute approximate surface area is 165 Å². The topological polar surface area (TPSA) is 108 Å². The maximum atomic E-state index is 12.6. The highest BCUT2D eigenvalue weighted by atomic mass is 32.2. The van der Waals surface area contributed by atoms with Gasteiger partial charge in [0.2, 0.25) is 27.5 Å². The van der Waals surface area contributed by atoms with Crippen LogP contribution in [0.2, 0.25) is 0 Å². The molecule has 1 atom stereocenters. The number of hydrogen-bond acceptors (Lipinski definition) is 7. The Hall–Kier alpha value is -2.41. The summed E-state index contributed by atoms with van der Waals surface area (Å²) in [6.07, 6.45) is 2.10. The summed E-state index contributed by atoms with van der Waals surface area (Å²) in [5, 5.41) is 12.4. The first kappa shape index (κ1) is 20.3. The molecular formula is C19H24N4O4S. The Bertz CT molecular complexity index is 937. The number of anilines is 1. The highest BCUT2D eigenvalue weighted by molar-refractivity contribution is 7.89. The van der Waals surface area contributed by atoms with E-state index in [1.165, 1.54) is 16.4 Å². The molecular weight excluding hydrogens is 380 g/mol. The molecule has 2 aromatic rings. The van der Waals surface area contributed by atoms with Gasteiger partial charge in [-0.2, -0.15) is 14.6 Å². The summed E-state index contributed by atoms with van der Waals surface area (Å²) in [6, 6.07) is 8.33. The fraction of sp³-hybridized carbons (Fsp3) is 0.474. The molecule has 0 radical (unpaired) electrons. The Morgan fingerprint density at radius 3 is 2.57 bits per heavy atom. The summed E-state index contributed by atoms with van der Waals surface area (Å²) in [7, 11) is -3.52. The van der Waals surface area contributed by atoms with Crippen molar-refractivity contribution < 1.29 is 17.6 Å². The van der Waals surface area contributed by atoms with Gasteiger partial charge in [0.1, 0.15) is 6.07 Å². The van der Waals surface area contributed by atoms with Crippen molar-refractivity contribution in [2.75, 3.05) is 31.6 Å². The van der Waals surface area contributed by atoms with E-state index in [9.17, 15) is 13.7 Å². The fourth-order valence-electron chi connectivity index (χ4n) is 3.13. The maximum absolute atomic E-state index is 12.6. The predicted molar refractivity (Wildman–Crippen MR) is 104 cm³/mol. The van der Waals surface area contributed by atoms with Crippen LogP contribution in [0.15, 0.2) is 33.6 Å². The molecule has 0 saturated carbocycles. The Morgan fingerprint density at radius 2 is 2.00 bits per heavy atom. The van der Waals surface area contributed by atoms with E-state index >= 15 is 0 Å². The first-order valence-corrected chi connectivity index (χ1v) is 10.8. The van der Waals surface area contributed by atoms with Crippen LogP contribution in [0, 0.1) is 11.3 Å². The predicted octanol–water partition coefficient (Wildman–Crippen LogP) is 2.83. The summed E-state index contributed by atoms with van der Waals surface area (Å²) in [6.45, 7) is 5.72. The van der Waals surface area contributed by atoms with Gasteiger partial charge in [0.05, 0.1) is 11.0 Å². The van der Waals surface area contributed by atoms with E-state index in [4.69, 9.17) is 9.15 Å². The van der Waals surface area contributed by atoms with Crippen LogP contribution in [0.4, 0.5) is 5.88 Å². The van der Waals surface area contributed by atoms with Gasteiger partial charge < -0.3 is 14.5 Å². The zero-order valence-electron chi connectivity index (χ0n) is 16.0. The second-order valence-corrected chi connectivity index (χ2v) is 8.38. The number of benzene rings is 1. The molecule has 0 aliphatic carbocycles. The number of nitrogens with zero attached hydrogens (tertiary/aromatic N) is 3. The monoisotopic (exact) mass is 404 g/mol. The molecule has 1 aromatic carbocycles. The lowest BCUT2D eigenvalue weighted by Gasteiger charge is -2.18. The van der Waals surface area contributed by atoms with Crippen molar-refractivity contribution in [1.29, 1.82) is 5.26 Å². The molecule has 8 nitrogen and oxygen atoms in total. The van der Waals surface area contributed by atoms with E-state index in [-0.39, 0.29) is 22.6 Å². The molecule has 3 rings (SSSR count). The van der Waals surface area contributed by atoms with Crippen molar-refractivity contribution in [3.8, 4) is 17.5 Å². The smallest absolute Gasteiger partial charge is 0.243 e. The van der Waals surface area contributed by atoms with Crippen LogP contribution in [0.25, 0.3) is 11.5 Å². The SMILES string of the molecule is CCN(CC)S(=O)(=O)c1ccc(-c2nc(C#N)c(NCC3CCCO3)o2)cc1. The molecule has 0 spiro atoms. The third kappa shape index (κ3) is 4.19. The molecule has 9 heteroatoms. The minimum atomic E-state index is -3.52. The van der Waals surface area contributed by atoms with Crippen LogP contribution in [0.5, 0.6) is 0 Å². The van der Waals surface area contributed by atoms with Gasteiger partial charge in [-0.1, -0.05) is 13.8 Å². The molecule has 2 heterocycles. The van der Waals surface area contributed by atoms with Gasteiger partial charge in [0.25, 0.3) is 0 Å². The van der Waals surface area contributed by atoms with Gasteiger partial charge in [-0.05, 0) is 37.1 Å². The molecule has 1 saturated heterocycles. The average Bonchev–Trinajstić information content (AvgIpc) is 3.36. The molecule has 1 unspecified atom stereocenters. The van der Waals surface area contributed by atoms with Gasteiger partial charge in [-0.3, -0.25) is 0 Å². The van der Waals surface area contributed by atoms with Gasteiger partial charge in [0.15, 0.2) is 0 Å². The second kappa shape index (κ2) is 8.73. The van der Waals surface area contributed by atoms with E-state index in [0.717, 1.165) is 19.4 Å². The van der Waals surface area contributed by atoms with Gasteiger partial charge in [0, 0.05) is 31.8 Å². The van der Waals surface area contributed by atoms with E-state index in [2.05, 4.69) is 10.3 Å². The lowest BCUT2D eigenvalue weighted by Crippen LogP contribution is -2.30. The first-order chi connectivity index (χ1) is 13.5. The number of hydrogen-bond donors (Lipinski definition) is 1. The highest BCUT2D eigenvalue weighted by Gasteiger charge is 2.22. The minimum absolute atomic E-state index is 0.102. The summed E-state index contributed by atoms with van der Waals surface area (Å²) in [4.78, 5) is 4.42. The van der Waals surface area contributed by atoms with E-state index in [1.54, 1.807) is 26.0 Å². The van der Waals surface area contributed by atoms with Crippen LogP contribution >= 0.6 is 0 Å². The van der Waals surface area contributed by atoms with Crippen LogP contribution < -0.4 is 5.32 Å². The van der Waals surface area contributed by atoms with Gasteiger partial charge >= 0.3 is 0 Å². The third-order valence-electron chi connectivity index (χ3n) is 4.69. The molecule has 0 bridgehead atoms. The lowest BCUT2D eigenvalue weighted by atomic mass is 10.2. The number of oxazole rings is 1.